The minimum atomic E-state index is -3.61. The average Bonchev–Trinajstić information content (AvgIpc) is 2.16. The van der Waals surface area contributed by atoms with Crippen LogP contribution in [-0.4, -0.2) is 20.6 Å². The molecule has 1 rings (SSSR count). The topological polar surface area (TPSA) is 60.2 Å². The highest BCUT2D eigenvalue weighted by atomic mass is 32.2. The minimum absolute atomic E-state index is 0.0253. The Labute approximate surface area is 86.8 Å². The van der Waals surface area contributed by atoms with Crippen molar-refractivity contribution in [1.82, 2.24) is 0 Å². The van der Waals surface area contributed by atoms with Crippen LogP contribution in [0.4, 0.5) is 14.5 Å². The lowest BCUT2D eigenvalue weighted by atomic mass is 10.3. The van der Waals surface area contributed by atoms with Crippen LogP contribution in [0.2, 0.25) is 0 Å². The molecule has 0 radical (unpaired) electrons. The van der Waals surface area contributed by atoms with E-state index in [4.69, 9.17) is 5.73 Å². The third-order valence-electron chi connectivity index (χ3n) is 1.84. The molecule has 84 valence electrons. The maximum absolute atomic E-state index is 11.9. The van der Waals surface area contributed by atoms with Gasteiger partial charge in [-0.05, 0) is 24.3 Å². The molecule has 0 saturated heterocycles. The third-order valence-corrected chi connectivity index (χ3v) is 3.61. The predicted molar refractivity (Wildman–Crippen MR) is 53.5 cm³/mol. The number of nitrogens with two attached hydrogens (primary N) is 1. The second-order valence-corrected chi connectivity index (χ2v) is 5.18. The van der Waals surface area contributed by atoms with Crippen molar-refractivity contribution in [2.75, 3.05) is 11.5 Å². The van der Waals surface area contributed by atoms with E-state index in [9.17, 15) is 17.2 Å². The molecule has 0 aliphatic heterocycles. The van der Waals surface area contributed by atoms with Crippen molar-refractivity contribution in [3.05, 3.63) is 24.3 Å². The monoisotopic (exact) mass is 235 g/mol. The average molecular weight is 235 g/mol. The summed E-state index contributed by atoms with van der Waals surface area (Å²) in [6.45, 7) is 0. The van der Waals surface area contributed by atoms with Crippen LogP contribution in [-0.2, 0) is 9.84 Å². The Morgan fingerprint density at radius 2 is 1.73 bits per heavy atom. The van der Waals surface area contributed by atoms with E-state index in [-0.39, 0.29) is 4.90 Å². The zero-order chi connectivity index (χ0) is 11.5. The molecule has 1 aromatic carbocycles. The van der Waals surface area contributed by atoms with Gasteiger partial charge in [-0.1, -0.05) is 0 Å². The van der Waals surface area contributed by atoms with E-state index in [2.05, 4.69) is 0 Å². The molecule has 0 aliphatic rings. The van der Waals surface area contributed by atoms with E-state index in [0.29, 0.717) is 5.69 Å². The summed E-state index contributed by atoms with van der Waals surface area (Å²) in [4.78, 5) is 0.0253. The number of anilines is 1. The van der Waals surface area contributed by atoms with Crippen molar-refractivity contribution in [2.24, 2.45) is 0 Å². The largest absolute Gasteiger partial charge is 0.399 e. The van der Waals surface area contributed by atoms with Gasteiger partial charge in [-0.3, -0.25) is 0 Å². The molecule has 0 unspecified atom stereocenters. The number of rotatable bonds is 4. The fraction of sp³-hybridized carbons (Fsp3) is 0.333. The molecule has 0 saturated carbocycles. The van der Waals surface area contributed by atoms with E-state index in [1.165, 1.54) is 24.3 Å². The van der Waals surface area contributed by atoms with Gasteiger partial charge in [-0.2, -0.15) is 0 Å². The standard InChI is InChI=1S/C9H11F2NO2S/c10-9(11)5-6-15(13,14)8-3-1-7(12)2-4-8/h1-4,9H,5-6,12H2. The molecule has 3 nitrogen and oxygen atoms in total. The number of nitrogen functional groups attached to an aromatic ring is 1. The zero-order valence-electron chi connectivity index (χ0n) is 7.86. The fourth-order valence-electron chi connectivity index (χ4n) is 1.04. The molecule has 0 aliphatic carbocycles. The van der Waals surface area contributed by atoms with Crippen LogP contribution in [0.1, 0.15) is 6.42 Å². The third kappa shape index (κ3) is 3.47. The quantitative estimate of drug-likeness (QED) is 0.808. The lowest BCUT2D eigenvalue weighted by Crippen LogP contribution is -2.09. The molecule has 1 aromatic rings. The predicted octanol–water partition coefficient (Wildman–Crippen LogP) is 1.70. The maximum Gasteiger partial charge on any atom is 0.239 e. The Bertz CT molecular complexity index is 414. The highest BCUT2D eigenvalue weighted by Gasteiger charge is 2.16. The molecule has 0 atom stereocenters. The summed E-state index contributed by atoms with van der Waals surface area (Å²) in [5.41, 5.74) is 5.81. The number of benzene rings is 1. The summed E-state index contributed by atoms with van der Waals surface area (Å²) in [6.07, 6.45) is -3.25. The van der Waals surface area contributed by atoms with Gasteiger partial charge in [0.05, 0.1) is 10.6 Å². The smallest absolute Gasteiger partial charge is 0.239 e. The summed E-state index contributed by atoms with van der Waals surface area (Å²) in [5.74, 6) is -0.547. The van der Waals surface area contributed by atoms with Gasteiger partial charge in [-0.15, -0.1) is 0 Å². The van der Waals surface area contributed by atoms with Gasteiger partial charge in [0.25, 0.3) is 0 Å². The normalized spacial score (nSPS) is 11.9. The summed E-state index contributed by atoms with van der Waals surface area (Å²) in [7, 11) is -3.61. The summed E-state index contributed by atoms with van der Waals surface area (Å²) < 4.78 is 46.7. The van der Waals surface area contributed by atoms with Gasteiger partial charge in [0.2, 0.25) is 6.43 Å². The van der Waals surface area contributed by atoms with Crippen molar-refractivity contribution in [3.63, 3.8) is 0 Å². The molecule has 6 heteroatoms. The van der Waals surface area contributed by atoms with Crippen molar-refractivity contribution in [3.8, 4) is 0 Å². The molecule has 15 heavy (non-hydrogen) atoms. The fourth-order valence-corrected chi connectivity index (χ4v) is 2.31. The van der Waals surface area contributed by atoms with E-state index in [1.54, 1.807) is 0 Å². The highest BCUT2D eigenvalue weighted by molar-refractivity contribution is 7.91. The second kappa shape index (κ2) is 4.57. The SMILES string of the molecule is Nc1ccc(S(=O)(=O)CCC(F)F)cc1. The van der Waals surface area contributed by atoms with Crippen LogP contribution in [0, 0.1) is 0 Å². The number of halogens is 2. The Balaban J connectivity index is 2.82. The molecular weight excluding hydrogens is 224 g/mol. The highest BCUT2D eigenvalue weighted by Crippen LogP contribution is 2.15. The molecule has 0 amide bonds. The Morgan fingerprint density at radius 1 is 1.20 bits per heavy atom. The number of hydrogen-bond acceptors (Lipinski definition) is 3. The van der Waals surface area contributed by atoms with Crippen molar-refractivity contribution < 1.29 is 17.2 Å². The first-order chi connectivity index (χ1) is 6.92. The summed E-state index contributed by atoms with van der Waals surface area (Å²) in [5, 5.41) is 0. The molecular formula is C9H11F2NO2S. The Kier molecular flexibility index (Phi) is 3.62. The van der Waals surface area contributed by atoms with Crippen molar-refractivity contribution in [2.45, 2.75) is 17.7 Å². The zero-order valence-corrected chi connectivity index (χ0v) is 8.68. The van der Waals surface area contributed by atoms with Crippen LogP contribution < -0.4 is 5.73 Å². The van der Waals surface area contributed by atoms with Crippen molar-refractivity contribution in [1.29, 1.82) is 0 Å². The van der Waals surface area contributed by atoms with Crippen LogP contribution in [0.15, 0.2) is 29.2 Å². The Hall–Kier alpha value is -1.17. The molecule has 0 aromatic heterocycles. The summed E-state index contributed by atoms with van der Waals surface area (Å²) >= 11 is 0. The van der Waals surface area contributed by atoms with Crippen LogP contribution >= 0.6 is 0 Å². The van der Waals surface area contributed by atoms with E-state index < -0.39 is 28.4 Å². The van der Waals surface area contributed by atoms with Crippen LogP contribution in [0.25, 0.3) is 0 Å². The van der Waals surface area contributed by atoms with Gasteiger partial charge < -0.3 is 5.73 Å². The molecule has 0 spiro atoms. The maximum atomic E-state index is 11.9. The van der Waals surface area contributed by atoms with Crippen LogP contribution in [0.3, 0.4) is 0 Å². The first-order valence-corrected chi connectivity index (χ1v) is 5.93. The van der Waals surface area contributed by atoms with Gasteiger partial charge in [0.15, 0.2) is 9.84 Å². The molecule has 2 N–H and O–H groups in total. The molecule has 0 fully saturated rings. The Morgan fingerprint density at radius 3 is 2.20 bits per heavy atom. The van der Waals surface area contributed by atoms with E-state index in [0.717, 1.165) is 0 Å². The van der Waals surface area contributed by atoms with E-state index in [1.807, 2.05) is 0 Å². The van der Waals surface area contributed by atoms with E-state index >= 15 is 0 Å². The number of alkyl halides is 2. The number of hydrogen-bond donors (Lipinski definition) is 1. The molecule has 0 bridgehead atoms. The molecule has 0 heterocycles. The first kappa shape index (κ1) is 11.9. The second-order valence-electron chi connectivity index (χ2n) is 3.07. The van der Waals surface area contributed by atoms with Gasteiger partial charge in [-0.25, -0.2) is 17.2 Å². The van der Waals surface area contributed by atoms with Gasteiger partial charge in [0, 0.05) is 12.1 Å². The van der Waals surface area contributed by atoms with Crippen molar-refractivity contribution >= 4 is 15.5 Å². The van der Waals surface area contributed by atoms with Crippen LogP contribution in [0.5, 0.6) is 0 Å². The minimum Gasteiger partial charge on any atom is -0.399 e. The summed E-state index contributed by atoms with van der Waals surface area (Å²) in [6, 6.07) is 5.48. The first-order valence-electron chi connectivity index (χ1n) is 4.28. The number of sulfone groups is 1. The lowest BCUT2D eigenvalue weighted by molar-refractivity contribution is 0.145. The van der Waals surface area contributed by atoms with Gasteiger partial charge >= 0.3 is 0 Å². The lowest BCUT2D eigenvalue weighted by Gasteiger charge is -2.04. The van der Waals surface area contributed by atoms with Gasteiger partial charge in [0.1, 0.15) is 0 Å².